The fourth-order valence-corrected chi connectivity index (χ4v) is 2.89. The van der Waals surface area contributed by atoms with Gasteiger partial charge in [0.2, 0.25) is 0 Å². The molecule has 0 amide bonds. The highest BCUT2D eigenvalue weighted by molar-refractivity contribution is 9.10. The third-order valence-corrected chi connectivity index (χ3v) is 4.37. The highest BCUT2D eigenvalue weighted by Crippen LogP contribution is 2.32. The van der Waals surface area contributed by atoms with Crippen LogP contribution in [0.25, 0.3) is 0 Å². The van der Waals surface area contributed by atoms with Crippen molar-refractivity contribution in [1.29, 1.82) is 0 Å². The van der Waals surface area contributed by atoms with Crippen LogP contribution in [0.15, 0.2) is 22.7 Å². The molecule has 0 spiro atoms. The summed E-state index contributed by atoms with van der Waals surface area (Å²) in [7, 11) is 0. The summed E-state index contributed by atoms with van der Waals surface area (Å²) in [6.07, 6.45) is 5.15. The van der Waals surface area contributed by atoms with E-state index in [2.05, 4.69) is 29.8 Å². The van der Waals surface area contributed by atoms with Gasteiger partial charge in [0.15, 0.2) is 0 Å². The van der Waals surface area contributed by atoms with Crippen LogP contribution in [-0.2, 0) is 0 Å². The molecule has 0 radical (unpaired) electrons. The number of hydrogen-bond acceptors (Lipinski definition) is 1. The predicted molar refractivity (Wildman–Crippen MR) is 82.0 cm³/mol. The molecule has 1 rings (SSSR count). The molecule has 0 aliphatic carbocycles. The molecule has 3 heteroatoms. The van der Waals surface area contributed by atoms with Gasteiger partial charge in [0.25, 0.3) is 0 Å². The van der Waals surface area contributed by atoms with Crippen molar-refractivity contribution < 1.29 is 5.11 Å². The molecule has 1 aromatic rings. The van der Waals surface area contributed by atoms with E-state index in [1.54, 1.807) is 0 Å². The van der Waals surface area contributed by atoms with Crippen molar-refractivity contribution in [2.75, 3.05) is 0 Å². The van der Waals surface area contributed by atoms with E-state index in [1.807, 2.05) is 18.2 Å². The van der Waals surface area contributed by atoms with Crippen molar-refractivity contribution in [2.24, 2.45) is 5.92 Å². The molecule has 0 aliphatic rings. The van der Waals surface area contributed by atoms with Crippen LogP contribution in [-0.4, -0.2) is 5.11 Å². The zero-order valence-electron chi connectivity index (χ0n) is 11.1. The van der Waals surface area contributed by atoms with Crippen LogP contribution in [0.3, 0.4) is 0 Å². The third kappa shape index (κ3) is 4.91. The van der Waals surface area contributed by atoms with Crippen LogP contribution in [0.2, 0.25) is 5.02 Å². The van der Waals surface area contributed by atoms with Gasteiger partial charge in [0, 0.05) is 9.50 Å². The Balaban J connectivity index is 2.67. The number of aliphatic hydroxyl groups is 1. The van der Waals surface area contributed by atoms with Gasteiger partial charge < -0.3 is 5.11 Å². The monoisotopic (exact) mass is 332 g/mol. The summed E-state index contributed by atoms with van der Waals surface area (Å²) in [4.78, 5) is 0. The lowest BCUT2D eigenvalue weighted by molar-refractivity contribution is 0.138. The zero-order chi connectivity index (χ0) is 13.5. The normalized spacial score (nSPS) is 14.5. The number of halogens is 2. The second kappa shape index (κ2) is 8.19. The molecule has 1 N–H and O–H groups in total. The molecular weight excluding hydrogens is 312 g/mol. The molecule has 1 aromatic carbocycles. The second-order valence-corrected chi connectivity index (χ2v) is 6.12. The van der Waals surface area contributed by atoms with Crippen molar-refractivity contribution in [3.63, 3.8) is 0 Å². The quantitative estimate of drug-likeness (QED) is 0.674. The lowest BCUT2D eigenvalue weighted by atomic mass is 9.91. The van der Waals surface area contributed by atoms with Crippen molar-refractivity contribution in [3.8, 4) is 0 Å². The lowest BCUT2D eigenvalue weighted by Crippen LogP contribution is -2.07. The van der Waals surface area contributed by atoms with Crippen LogP contribution in [0.1, 0.15) is 57.6 Å². The fraction of sp³-hybridized carbons (Fsp3) is 0.600. The molecular formula is C15H22BrClO. The minimum atomic E-state index is -0.431. The average molecular weight is 334 g/mol. The van der Waals surface area contributed by atoms with Crippen molar-refractivity contribution >= 4 is 27.5 Å². The Morgan fingerprint density at radius 2 is 2.06 bits per heavy atom. The minimum Gasteiger partial charge on any atom is -0.388 e. The Labute approximate surface area is 124 Å². The van der Waals surface area contributed by atoms with E-state index in [-0.39, 0.29) is 0 Å². The second-order valence-electron chi connectivity index (χ2n) is 4.83. The van der Waals surface area contributed by atoms with Gasteiger partial charge in [-0.1, -0.05) is 67.1 Å². The Hall–Kier alpha value is -0.0500. The van der Waals surface area contributed by atoms with Gasteiger partial charge in [-0.05, 0) is 36.1 Å². The topological polar surface area (TPSA) is 20.2 Å². The first kappa shape index (κ1) is 16.0. The van der Waals surface area contributed by atoms with Crippen LogP contribution >= 0.6 is 27.5 Å². The molecule has 0 bridgehead atoms. The van der Waals surface area contributed by atoms with E-state index in [0.717, 1.165) is 22.9 Å². The summed E-state index contributed by atoms with van der Waals surface area (Å²) in [6, 6.07) is 5.58. The summed E-state index contributed by atoms with van der Waals surface area (Å²) < 4.78 is 0.935. The van der Waals surface area contributed by atoms with E-state index < -0.39 is 6.10 Å². The maximum absolute atomic E-state index is 10.3. The smallest absolute Gasteiger partial charge is 0.0804 e. The van der Waals surface area contributed by atoms with Gasteiger partial charge in [0.05, 0.1) is 6.10 Å². The highest BCUT2D eigenvalue weighted by Gasteiger charge is 2.17. The minimum absolute atomic E-state index is 0.431. The number of unbranched alkanes of at least 4 members (excludes halogenated alkanes) is 1. The molecule has 0 aliphatic heterocycles. The maximum Gasteiger partial charge on any atom is 0.0804 e. The highest BCUT2D eigenvalue weighted by atomic mass is 79.9. The summed E-state index contributed by atoms with van der Waals surface area (Å²) in [5, 5.41) is 11.0. The SMILES string of the molecule is CCCCC(CC)CC(O)c1cc(Cl)ccc1Br. The molecule has 0 saturated carbocycles. The van der Waals surface area contributed by atoms with E-state index in [0.29, 0.717) is 10.9 Å². The zero-order valence-corrected chi connectivity index (χ0v) is 13.5. The summed E-state index contributed by atoms with van der Waals surface area (Å²) >= 11 is 9.46. The van der Waals surface area contributed by atoms with E-state index in [4.69, 9.17) is 11.6 Å². The van der Waals surface area contributed by atoms with E-state index in [1.165, 1.54) is 19.3 Å². The third-order valence-electron chi connectivity index (χ3n) is 3.42. The van der Waals surface area contributed by atoms with Crippen molar-refractivity contribution in [1.82, 2.24) is 0 Å². The number of hydrogen-bond donors (Lipinski definition) is 1. The maximum atomic E-state index is 10.3. The predicted octanol–water partition coefficient (Wildman–Crippen LogP) is 5.74. The Kier molecular flexibility index (Phi) is 7.28. The first-order chi connectivity index (χ1) is 8.58. The molecule has 102 valence electrons. The fourth-order valence-electron chi connectivity index (χ4n) is 2.19. The first-order valence-electron chi connectivity index (χ1n) is 6.71. The lowest BCUT2D eigenvalue weighted by Gasteiger charge is -2.20. The summed E-state index contributed by atoms with van der Waals surface area (Å²) in [5.74, 6) is 0.589. The van der Waals surface area contributed by atoms with Gasteiger partial charge in [-0.2, -0.15) is 0 Å². The Bertz CT molecular complexity index is 368. The summed E-state index contributed by atoms with van der Waals surface area (Å²) in [5.41, 5.74) is 0.900. The number of aliphatic hydroxyl groups excluding tert-OH is 1. The van der Waals surface area contributed by atoms with Crippen molar-refractivity contribution in [2.45, 2.75) is 52.1 Å². The largest absolute Gasteiger partial charge is 0.388 e. The van der Waals surface area contributed by atoms with Crippen LogP contribution in [0, 0.1) is 5.92 Å². The van der Waals surface area contributed by atoms with Crippen LogP contribution in [0.5, 0.6) is 0 Å². The van der Waals surface area contributed by atoms with Crippen LogP contribution in [0.4, 0.5) is 0 Å². The van der Waals surface area contributed by atoms with E-state index >= 15 is 0 Å². The molecule has 0 heterocycles. The summed E-state index contributed by atoms with van der Waals surface area (Å²) in [6.45, 7) is 4.40. The van der Waals surface area contributed by atoms with Gasteiger partial charge in [0.1, 0.15) is 0 Å². The Morgan fingerprint density at radius 3 is 2.67 bits per heavy atom. The van der Waals surface area contributed by atoms with Crippen LogP contribution < -0.4 is 0 Å². The van der Waals surface area contributed by atoms with Gasteiger partial charge >= 0.3 is 0 Å². The number of rotatable bonds is 7. The molecule has 0 fully saturated rings. The first-order valence-corrected chi connectivity index (χ1v) is 7.88. The molecule has 0 aromatic heterocycles. The molecule has 2 unspecified atom stereocenters. The Morgan fingerprint density at radius 1 is 1.33 bits per heavy atom. The molecule has 2 atom stereocenters. The van der Waals surface area contributed by atoms with Gasteiger partial charge in [-0.3, -0.25) is 0 Å². The molecule has 1 nitrogen and oxygen atoms in total. The average Bonchev–Trinajstić information content (AvgIpc) is 2.37. The van der Waals surface area contributed by atoms with Gasteiger partial charge in [-0.25, -0.2) is 0 Å². The standard InChI is InChI=1S/C15H22BrClO/c1-3-5-6-11(4-2)9-15(18)13-10-12(17)7-8-14(13)16/h7-8,10-11,15,18H,3-6,9H2,1-2H3. The molecule has 18 heavy (non-hydrogen) atoms. The van der Waals surface area contributed by atoms with E-state index in [9.17, 15) is 5.11 Å². The van der Waals surface area contributed by atoms with Crippen molar-refractivity contribution in [3.05, 3.63) is 33.3 Å². The van der Waals surface area contributed by atoms with Gasteiger partial charge in [-0.15, -0.1) is 0 Å². The molecule has 0 saturated heterocycles. The number of benzene rings is 1.